The minimum absolute atomic E-state index is 0.192. The van der Waals surface area contributed by atoms with Gasteiger partial charge in [0.25, 0.3) is 0 Å². The summed E-state index contributed by atoms with van der Waals surface area (Å²) >= 11 is 0. The van der Waals surface area contributed by atoms with Crippen LogP contribution in [0.3, 0.4) is 0 Å². The molecule has 1 aliphatic heterocycles. The van der Waals surface area contributed by atoms with Crippen LogP contribution in [0.25, 0.3) is 0 Å². The standard InChI is InChI=1S/C17H21N3O4/c1-2-23-17(22)20-10-7-13(8-11-20)12-24-16-5-3-4-14(19-16)15(21)6-9-18/h3-5,13H,2,6-8,10-12H2,1H3. The van der Waals surface area contributed by atoms with Crippen molar-refractivity contribution >= 4 is 11.9 Å². The summed E-state index contributed by atoms with van der Waals surface area (Å²) in [5, 5.41) is 8.57. The van der Waals surface area contributed by atoms with Gasteiger partial charge in [-0.25, -0.2) is 9.78 Å². The predicted octanol–water partition coefficient (Wildman–Crippen LogP) is 2.43. The first-order valence-corrected chi connectivity index (χ1v) is 8.05. The van der Waals surface area contributed by atoms with Crippen molar-refractivity contribution in [2.24, 2.45) is 5.92 Å². The molecule has 7 nitrogen and oxygen atoms in total. The molecule has 2 heterocycles. The number of amides is 1. The lowest BCUT2D eigenvalue weighted by Crippen LogP contribution is -2.40. The molecule has 1 aromatic rings. The van der Waals surface area contributed by atoms with E-state index in [0.717, 1.165) is 12.8 Å². The molecule has 2 rings (SSSR count). The lowest BCUT2D eigenvalue weighted by atomic mass is 9.98. The number of Topliss-reactive ketones (excluding diaryl/α,β-unsaturated/α-hetero) is 1. The number of likely N-dealkylation sites (tertiary alicyclic amines) is 1. The maximum atomic E-state index is 11.7. The van der Waals surface area contributed by atoms with Gasteiger partial charge in [0.15, 0.2) is 5.78 Å². The van der Waals surface area contributed by atoms with Gasteiger partial charge in [0.05, 0.1) is 19.3 Å². The number of piperidine rings is 1. The average molecular weight is 331 g/mol. The molecule has 1 fully saturated rings. The molecule has 7 heteroatoms. The lowest BCUT2D eigenvalue weighted by Gasteiger charge is -2.30. The fourth-order valence-electron chi connectivity index (χ4n) is 2.51. The Bertz CT molecular complexity index is 619. The average Bonchev–Trinajstić information content (AvgIpc) is 2.61. The molecule has 0 aliphatic carbocycles. The SMILES string of the molecule is CCOC(=O)N1CCC(COc2cccc(C(=O)CC#N)n2)CC1. The minimum Gasteiger partial charge on any atom is -0.477 e. The summed E-state index contributed by atoms with van der Waals surface area (Å²) in [6.07, 6.45) is 1.22. The molecule has 1 aromatic heterocycles. The first-order valence-electron chi connectivity index (χ1n) is 8.05. The highest BCUT2D eigenvalue weighted by atomic mass is 16.6. The fourth-order valence-corrected chi connectivity index (χ4v) is 2.51. The summed E-state index contributed by atoms with van der Waals surface area (Å²) in [6.45, 7) is 3.97. The molecule has 1 aliphatic rings. The van der Waals surface area contributed by atoms with Crippen molar-refractivity contribution in [2.45, 2.75) is 26.2 Å². The van der Waals surface area contributed by atoms with E-state index < -0.39 is 0 Å². The van der Waals surface area contributed by atoms with Gasteiger partial charge in [-0.2, -0.15) is 5.26 Å². The molecule has 24 heavy (non-hydrogen) atoms. The number of nitrogens with zero attached hydrogens (tertiary/aromatic N) is 3. The maximum Gasteiger partial charge on any atom is 0.409 e. The molecular formula is C17H21N3O4. The number of rotatable bonds is 6. The minimum atomic E-state index is -0.314. The molecule has 0 atom stereocenters. The summed E-state index contributed by atoms with van der Waals surface area (Å²) in [5.74, 6) is 0.397. The van der Waals surface area contributed by atoms with Gasteiger partial charge in [0.1, 0.15) is 12.1 Å². The molecule has 0 unspecified atom stereocenters. The van der Waals surface area contributed by atoms with E-state index in [1.807, 2.05) is 6.07 Å². The number of aromatic nitrogens is 1. The van der Waals surface area contributed by atoms with E-state index in [2.05, 4.69) is 4.98 Å². The monoisotopic (exact) mass is 331 g/mol. The van der Waals surface area contributed by atoms with Crippen LogP contribution in [0.15, 0.2) is 18.2 Å². The third-order valence-electron chi connectivity index (χ3n) is 3.86. The Kier molecular flexibility index (Phi) is 6.55. The number of carbonyl (C=O) groups is 2. The molecule has 1 amide bonds. The van der Waals surface area contributed by atoms with Gasteiger partial charge < -0.3 is 14.4 Å². The zero-order valence-corrected chi connectivity index (χ0v) is 13.7. The quantitative estimate of drug-likeness (QED) is 0.743. The van der Waals surface area contributed by atoms with Gasteiger partial charge in [-0.1, -0.05) is 6.07 Å². The van der Waals surface area contributed by atoms with Crippen molar-refractivity contribution in [2.75, 3.05) is 26.3 Å². The molecule has 0 N–H and O–H groups in total. The summed E-state index contributed by atoms with van der Waals surface area (Å²) in [5.41, 5.74) is 0.242. The predicted molar refractivity (Wildman–Crippen MR) is 85.6 cm³/mol. The molecule has 0 aromatic carbocycles. The first kappa shape index (κ1) is 17.7. The molecular weight excluding hydrogens is 310 g/mol. The molecule has 0 bridgehead atoms. The third kappa shape index (κ3) is 4.95. The highest BCUT2D eigenvalue weighted by molar-refractivity contribution is 5.95. The Morgan fingerprint density at radius 2 is 2.12 bits per heavy atom. The van der Waals surface area contributed by atoms with Crippen molar-refractivity contribution in [3.8, 4) is 11.9 Å². The Morgan fingerprint density at radius 3 is 2.79 bits per heavy atom. The van der Waals surface area contributed by atoms with E-state index in [-0.39, 0.29) is 24.0 Å². The van der Waals surface area contributed by atoms with E-state index in [1.54, 1.807) is 30.0 Å². The van der Waals surface area contributed by atoms with Crippen LogP contribution in [0.4, 0.5) is 4.79 Å². The molecule has 128 valence electrons. The van der Waals surface area contributed by atoms with Gasteiger partial charge in [-0.15, -0.1) is 0 Å². The van der Waals surface area contributed by atoms with Crippen LogP contribution < -0.4 is 4.74 Å². The third-order valence-corrected chi connectivity index (χ3v) is 3.86. The number of nitriles is 1. The molecule has 0 saturated carbocycles. The molecule has 0 radical (unpaired) electrons. The Balaban J connectivity index is 1.81. The van der Waals surface area contributed by atoms with E-state index in [9.17, 15) is 9.59 Å². The van der Waals surface area contributed by atoms with Gasteiger partial charge >= 0.3 is 6.09 Å². The number of hydrogen-bond acceptors (Lipinski definition) is 6. The van der Waals surface area contributed by atoms with Crippen molar-refractivity contribution in [1.82, 2.24) is 9.88 Å². The van der Waals surface area contributed by atoms with Crippen LogP contribution in [0.2, 0.25) is 0 Å². The zero-order chi connectivity index (χ0) is 17.4. The normalized spacial score (nSPS) is 14.8. The number of ketones is 1. The summed E-state index contributed by atoms with van der Waals surface area (Å²) in [7, 11) is 0. The van der Waals surface area contributed by atoms with Crippen LogP contribution in [0, 0.1) is 17.2 Å². The van der Waals surface area contributed by atoms with Crippen molar-refractivity contribution in [1.29, 1.82) is 5.26 Å². The van der Waals surface area contributed by atoms with Gasteiger partial charge in [0.2, 0.25) is 5.88 Å². The van der Waals surface area contributed by atoms with Crippen LogP contribution in [-0.4, -0.2) is 48.1 Å². The number of pyridine rings is 1. The van der Waals surface area contributed by atoms with Crippen LogP contribution in [0.5, 0.6) is 5.88 Å². The lowest BCUT2D eigenvalue weighted by molar-refractivity contribution is 0.0840. The van der Waals surface area contributed by atoms with Crippen LogP contribution in [0.1, 0.15) is 36.7 Å². The number of carbonyl (C=O) groups excluding carboxylic acids is 2. The first-order chi connectivity index (χ1) is 11.6. The van der Waals surface area contributed by atoms with E-state index in [1.165, 1.54) is 0 Å². The summed E-state index contributed by atoms with van der Waals surface area (Å²) in [4.78, 5) is 29.2. The zero-order valence-electron chi connectivity index (χ0n) is 13.7. The van der Waals surface area contributed by atoms with Gasteiger partial charge in [-0.3, -0.25) is 4.79 Å². The second kappa shape index (κ2) is 8.87. The van der Waals surface area contributed by atoms with Crippen molar-refractivity contribution in [3.05, 3.63) is 23.9 Å². The smallest absolute Gasteiger partial charge is 0.409 e. The highest BCUT2D eigenvalue weighted by Crippen LogP contribution is 2.19. The van der Waals surface area contributed by atoms with E-state index in [0.29, 0.717) is 38.1 Å². The Morgan fingerprint density at radius 1 is 1.38 bits per heavy atom. The fraction of sp³-hybridized carbons (Fsp3) is 0.529. The largest absolute Gasteiger partial charge is 0.477 e. The highest BCUT2D eigenvalue weighted by Gasteiger charge is 2.24. The second-order valence-electron chi connectivity index (χ2n) is 5.56. The second-order valence-corrected chi connectivity index (χ2v) is 5.56. The van der Waals surface area contributed by atoms with Crippen LogP contribution in [-0.2, 0) is 4.74 Å². The van der Waals surface area contributed by atoms with Crippen molar-refractivity contribution < 1.29 is 19.1 Å². The van der Waals surface area contributed by atoms with E-state index >= 15 is 0 Å². The van der Waals surface area contributed by atoms with Gasteiger partial charge in [-0.05, 0) is 31.7 Å². The summed E-state index contributed by atoms with van der Waals surface area (Å²) in [6, 6.07) is 6.77. The van der Waals surface area contributed by atoms with E-state index in [4.69, 9.17) is 14.7 Å². The Hall–Kier alpha value is -2.62. The summed E-state index contributed by atoms with van der Waals surface area (Å²) < 4.78 is 10.7. The Labute approximate surface area is 141 Å². The van der Waals surface area contributed by atoms with Crippen LogP contribution >= 0.6 is 0 Å². The molecule has 0 spiro atoms. The van der Waals surface area contributed by atoms with Gasteiger partial charge in [0, 0.05) is 19.2 Å². The number of hydrogen-bond donors (Lipinski definition) is 0. The maximum absolute atomic E-state index is 11.7. The molecule has 1 saturated heterocycles. The van der Waals surface area contributed by atoms with Crippen molar-refractivity contribution in [3.63, 3.8) is 0 Å². The topological polar surface area (TPSA) is 92.5 Å². The number of ether oxygens (including phenoxy) is 2.